The summed E-state index contributed by atoms with van der Waals surface area (Å²) >= 11 is 3.20. The first-order valence-corrected chi connectivity index (χ1v) is 8.27. The molecule has 106 valence electrons. The molecule has 6 heteroatoms. The molecular weight excluding hydrogens is 302 g/mol. The highest BCUT2D eigenvalue weighted by Gasteiger charge is 2.10. The second kappa shape index (κ2) is 6.60. The minimum atomic E-state index is -0.000582. The Morgan fingerprint density at radius 2 is 2.10 bits per heavy atom. The number of carbonyl (C=O) groups is 1. The third kappa shape index (κ3) is 3.53. The lowest BCUT2D eigenvalue weighted by atomic mass is 10.2. The van der Waals surface area contributed by atoms with Crippen molar-refractivity contribution in [2.45, 2.75) is 13.0 Å². The van der Waals surface area contributed by atoms with Crippen molar-refractivity contribution in [3.63, 3.8) is 0 Å². The Hall–Kier alpha value is -2.05. The third-order valence-electron chi connectivity index (χ3n) is 2.94. The summed E-state index contributed by atoms with van der Waals surface area (Å²) in [5.74, 6) is -0.000582. The monoisotopic (exact) mass is 315 g/mol. The Morgan fingerprint density at radius 3 is 2.86 bits per heavy atom. The SMILES string of the molecule is O=C(Cc1cccs1)NCc1nccnc1-c1ccsc1. The van der Waals surface area contributed by atoms with Gasteiger partial charge in [0.15, 0.2) is 0 Å². The van der Waals surface area contributed by atoms with Gasteiger partial charge in [0.25, 0.3) is 0 Å². The zero-order chi connectivity index (χ0) is 14.5. The van der Waals surface area contributed by atoms with Gasteiger partial charge in [-0.1, -0.05) is 6.07 Å². The van der Waals surface area contributed by atoms with Crippen LogP contribution in [0.4, 0.5) is 0 Å². The molecule has 0 radical (unpaired) electrons. The summed E-state index contributed by atoms with van der Waals surface area (Å²) in [6.45, 7) is 0.392. The normalized spacial score (nSPS) is 10.5. The first-order chi connectivity index (χ1) is 10.3. The van der Waals surface area contributed by atoms with Gasteiger partial charge in [-0.25, -0.2) is 0 Å². The minimum absolute atomic E-state index is 0.000582. The van der Waals surface area contributed by atoms with E-state index in [-0.39, 0.29) is 5.91 Å². The van der Waals surface area contributed by atoms with Gasteiger partial charge in [0, 0.05) is 28.2 Å². The second-order valence-corrected chi connectivity index (χ2v) is 6.21. The Kier molecular flexibility index (Phi) is 4.37. The van der Waals surface area contributed by atoms with E-state index >= 15 is 0 Å². The fourth-order valence-electron chi connectivity index (χ4n) is 1.95. The van der Waals surface area contributed by atoms with Crippen LogP contribution in [0.3, 0.4) is 0 Å². The Labute approximate surface area is 130 Å². The second-order valence-electron chi connectivity index (χ2n) is 4.40. The molecular formula is C15H13N3OS2. The van der Waals surface area contributed by atoms with Crippen LogP contribution in [0, 0.1) is 0 Å². The van der Waals surface area contributed by atoms with Crippen LogP contribution in [0.1, 0.15) is 10.6 Å². The summed E-state index contributed by atoms with van der Waals surface area (Å²) in [7, 11) is 0. The lowest BCUT2D eigenvalue weighted by Gasteiger charge is -2.07. The van der Waals surface area contributed by atoms with Gasteiger partial charge in [-0.15, -0.1) is 11.3 Å². The van der Waals surface area contributed by atoms with Crippen LogP contribution in [-0.4, -0.2) is 15.9 Å². The number of amides is 1. The van der Waals surface area contributed by atoms with E-state index in [1.54, 1.807) is 35.1 Å². The topological polar surface area (TPSA) is 54.9 Å². The Balaban J connectivity index is 1.67. The van der Waals surface area contributed by atoms with E-state index in [0.717, 1.165) is 21.8 Å². The summed E-state index contributed by atoms with van der Waals surface area (Å²) in [6.07, 6.45) is 3.73. The predicted octanol–water partition coefficient (Wildman–Crippen LogP) is 3.13. The van der Waals surface area contributed by atoms with Crippen LogP contribution in [0.2, 0.25) is 0 Å². The lowest BCUT2D eigenvalue weighted by Crippen LogP contribution is -2.25. The summed E-state index contributed by atoms with van der Waals surface area (Å²) in [6, 6.07) is 5.92. The van der Waals surface area contributed by atoms with Crippen molar-refractivity contribution >= 4 is 28.6 Å². The maximum Gasteiger partial charge on any atom is 0.225 e. The smallest absolute Gasteiger partial charge is 0.225 e. The molecule has 3 aromatic heterocycles. The highest BCUT2D eigenvalue weighted by molar-refractivity contribution is 7.10. The van der Waals surface area contributed by atoms with Crippen LogP contribution >= 0.6 is 22.7 Å². The molecule has 0 aliphatic heterocycles. The number of aromatic nitrogens is 2. The zero-order valence-corrected chi connectivity index (χ0v) is 12.8. The van der Waals surface area contributed by atoms with E-state index in [4.69, 9.17) is 0 Å². The van der Waals surface area contributed by atoms with E-state index in [9.17, 15) is 4.79 Å². The lowest BCUT2D eigenvalue weighted by molar-refractivity contribution is -0.120. The van der Waals surface area contributed by atoms with Crippen LogP contribution in [0.5, 0.6) is 0 Å². The summed E-state index contributed by atoms with van der Waals surface area (Å²) in [4.78, 5) is 21.7. The van der Waals surface area contributed by atoms with E-state index in [2.05, 4.69) is 15.3 Å². The number of hydrogen-bond donors (Lipinski definition) is 1. The van der Waals surface area contributed by atoms with Crippen molar-refractivity contribution in [2.24, 2.45) is 0 Å². The average Bonchev–Trinajstić information content (AvgIpc) is 3.18. The van der Waals surface area contributed by atoms with Crippen molar-refractivity contribution in [3.05, 3.63) is 57.3 Å². The van der Waals surface area contributed by atoms with Gasteiger partial charge in [0.2, 0.25) is 5.91 Å². The van der Waals surface area contributed by atoms with Crippen LogP contribution < -0.4 is 5.32 Å². The molecule has 0 aromatic carbocycles. The average molecular weight is 315 g/mol. The summed E-state index contributed by atoms with van der Waals surface area (Å²) < 4.78 is 0. The maximum atomic E-state index is 11.9. The highest BCUT2D eigenvalue weighted by atomic mass is 32.1. The number of nitrogens with zero attached hydrogens (tertiary/aromatic N) is 2. The standard InChI is InChI=1S/C15H13N3OS2/c19-14(8-12-2-1-6-21-12)18-9-13-15(17-5-4-16-13)11-3-7-20-10-11/h1-7,10H,8-9H2,(H,18,19). The Morgan fingerprint density at radius 1 is 1.19 bits per heavy atom. The fourth-order valence-corrected chi connectivity index (χ4v) is 3.30. The van der Waals surface area contributed by atoms with Gasteiger partial charge in [-0.2, -0.15) is 11.3 Å². The molecule has 4 nitrogen and oxygen atoms in total. The van der Waals surface area contributed by atoms with E-state index in [0.29, 0.717) is 13.0 Å². The fraction of sp³-hybridized carbons (Fsp3) is 0.133. The van der Waals surface area contributed by atoms with Gasteiger partial charge in [-0.3, -0.25) is 14.8 Å². The Bertz CT molecular complexity index is 708. The van der Waals surface area contributed by atoms with Gasteiger partial charge >= 0.3 is 0 Å². The van der Waals surface area contributed by atoms with Crippen LogP contribution in [-0.2, 0) is 17.8 Å². The number of nitrogens with one attached hydrogen (secondary N) is 1. The van der Waals surface area contributed by atoms with E-state index in [1.165, 1.54) is 0 Å². The number of thiophene rings is 2. The molecule has 1 N–H and O–H groups in total. The third-order valence-corrected chi connectivity index (χ3v) is 4.50. The van der Waals surface area contributed by atoms with Gasteiger partial charge < -0.3 is 5.32 Å². The molecule has 0 unspecified atom stereocenters. The van der Waals surface area contributed by atoms with Gasteiger partial charge in [-0.05, 0) is 22.9 Å². The maximum absolute atomic E-state index is 11.9. The molecule has 0 aliphatic rings. The minimum Gasteiger partial charge on any atom is -0.350 e. The van der Waals surface area contributed by atoms with Crippen molar-refractivity contribution in [3.8, 4) is 11.3 Å². The van der Waals surface area contributed by atoms with Crippen LogP contribution in [0.15, 0.2) is 46.7 Å². The molecule has 0 saturated heterocycles. The summed E-state index contributed by atoms with van der Waals surface area (Å²) in [5.41, 5.74) is 2.65. The van der Waals surface area contributed by atoms with E-state index < -0.39 is 0 Å². The molecule has 0 aliphatic carbocycles. The first kappa shape index (κ1) is 13.9. The predicted molar refractivity (Wildman–Crippen MR) is 85.2 cm³/mol. The number of hydrogen-bond acceptors (Lipinski definition) is 5. The molecule has 3 rings (SSSR count). The first-order valence-electron chi connectivity index (χ1n) is 6.44. The highest BCUT2D eigenvalue weighted by Crippen LogP contribution is 2.22. The largest absolute Gasteiger partial charge is 0.350 e. The molecule has 0 atom stereocenters. The molecule has 0 saturated carbocycles. The molecule has 0 fully saturated rings. The van der Waals surface area contributed by atoms with Crippen LogP contribution in [0.25, 0.3) is 11.3 Å². The molecule has 3 aromatic rings. The number of carbonyl (C=O) groups excluding carboxylic acids is 1. The zero-order valence-electron chi connectivity index (χ0n) is 11.2. The van der Waals surface area contributed by atoms with Crippen molar-refractivity contribution in [1.29, 1.82) is 0 Å². The van der Waals surface area contributed by atoms with Crippen molar-refractivity contribution in [2.75, 3.05) is 0 Å². The summed E-state index contributed by atoms with van der Waals surface area (Å²) in [5, 5.41) is 8.91. The van der Waals surface area contributed by atoms with Crippen molar-refractivity contribution in [1.82, 2.24) is 15.3 Å². The van der Waals surface area contributed by atoms with Gasteiger partial charge in [0.05, 0.1) is 24.4 Å². The van der Waals surface area contributed by atoms with Gasteiger partial charge in [0.1, 0.15) is 0 Å². The quantitative estimate of drug-likeness (QED) is 0.787. The molecule has 0 spiro atoms. The molecule has 21 heavy (non-hydrogen) atoms. The molecule has 3 heterocycles. The number of rotatable bonds is 5. The molecule has 1 amide bonds. The van der Waals surface area contributed by atoms with Crippen molar-refractivity contribution < 1.29 is 4.79 Å². The van der Waals surface area contributed by atoms with E-state index in [1.807, 2.05) is 34.3 Å². The molecule has 0 bridgehead atoms.